The number of hydrogen-bond acceptors (Lipinski definition) is 8. The van der Waals surface area contributed by atoms with Crippen molar-refractivity contribution in [2.45, 2.75) is 66.3 Å². The Bertz CT molecular complexity index is 976. The van der Waals surface area contributed by atoms with E-state index in [1.807, 2.05) is 34.6 Å². The molecule has 1 aliphatic rings. The summed E-state index contributed by atoms with van der Waals surface area (Å²) in [5.74, 6) is 0.745. The summed E-state index contributed by atoms with van der Waals surface area (Å²) in [4.78, 5) is 22.9. The smallest absolute Gasteiger partial charge is 0.410 e. The number of piperidine rings is 1. The number of aromatic amines is 1. The van der Waals surface area contributed by atoms with Gasteiger partial charge in [-0.15, -0.1) is 5.10 Å². The Morgan fingerprint density at radius 2 is 2.06 bits per heavy atom. The van der Waals surface area contributed by atoms with Crippen molar-refractivity contribution >= 4 is 17.7 Å². The molecule has 1 fully saturated rings. The highest BCUT2D eigenvalue weighted by atomic mass is 19.3. The summed E-state index contributed by atoms with van der Waals surface area (Å²) in [5.41, 5.74) is -0.344. The van der Waals surface area contributed by atoms with Crippen molar-refractivity contribution in [3.63, 3.8) is 0 Å². The number of aromatic nitrogens is 4. The van der Waals surface area contributed by atoms with E-state index >= 15 is 0 Å². The van der Waals surface area contributed by atoms with Crippen LogP contribution in [0.4, 0.5) is 25.2 Å². The number of likely N-dealkylation sites (tertiary alicyclic amines) is 1. The zero-order chi connectivity index (χ0) is 24.4. The van der Waals surface area contributed by atoms with Gasteiger partial charge in [-0.25, -0.2) is 4.79 Å². The van der Waals surface area contributed by atoms with E-state index in [4.69, 9.17) is 9.47 Å². The van der Waals surface area contributed by atoms with Crippen LogP contribution < -0.4 is 14.8 Å². The van der Waals surface area contributed by atoms with Gasteiger partial charge in [-0.2, -0.15) is 13.8 Å². The van der Waals surface area contributed by atoms with Crippen molar-refractivity contribution in [3.8, 4) is 11.8 Å². The molecule has 1 aliphatic heterocycles. The van der Waals surface area contributed by atoms with E-state index in [2.05, 4.69) is 30.2 Å². The fourth-order valence-electron chi connectivity index (χ4n) is 3.44. The average molecular weight is 469 g/mol. The number of alkyl halides is 2. The minimum atomic E-state index is -2.97. The molecular weight excluding hydrogens is 438 g/mol. The fraction of sp³-hybridized carbons (Fsp3) is 0.619. The molecule has 1 unspecified atom stereocenters. The van der Waals surface area contributed by atoms with E-state index in [0.717, 1.165) is 0 Å². The van der Waals surface area contributed by atoms with Crippen LogP contribution in [0.5, 0.6) is 11.8 Å². The molecule has 1 amide bonds. The third-order valence-corrected chi connectivity index (χ3v) is 5.00. The Kier molecular flexibility index (Phi) is 6.94. The highest BCUT2D eigenvalue weighted by Crippen LogP contribution is 2.33. The van der Waals surface area contributed by atoms with Crippen molar-refractivity contribution in [3.05, 3.63) is 18.0 Å². The van der Waals surface area contributed by atoms with Gasteiger partial charge in [0.15, 0.2) is 5.82 Å². The summed E-state index contributed by atoms with van der Waals surface area (Å²) in [6, 6.07) is 1.29. The molecule has 0 saturated carbocycles. The zero-order valence-electron chi connectivity index (χ0n) is 19.6. The molecule has 33 heavy (non-hydrogen) atoms. The molecule has 1 atom stereocenters. The standard InChI is InChI=1S/C21H30F2N6O4/c1-12-17(25-14-9-15(28-27-14)32-18(22)23)26-16(10-24-12)31-13-7-8-29(11-21(13,5)6)19(30)33-20(2,3)4/h9-10,13,18H,7-8,11H2,1-6H3,(H2,25,26,27,28). The van der Waals surface area contributed by atoms with Gasteiger partial charge >= 0.3 is 12.7 Å². The van der Waals surface area contributed by atoms with Gasteiger partial charge in [0, 0.05) is 31.0 Å². The Morgan fingerprint density at radius 3 is 2.70 bits per heavy atom. The third kappa shape index (κ3) is 6.65. The molecule has 2 N–H and O–H groups in total. The van der Waals surface area contributed by atoms with Crippen molar-refractivity contribution in [1.82, 2.24) is 25.1 Å². The van der Waals surface area contributed by atoms with Crippen LogP contribution >= 0.6 is 0 Å². The van der Waals surface area contributed by atoms with Crippen LogP contribution in [-0.2, 0) is 4.74 Å². The third-order valence-electron chi connectivity index (χ3n) is 5.00. The van der Waals surface area contributed by atoms with E-state index in [1.165, 1.54) is 12.3 Å². The first-order chi connectivity index (χ1) is 15.3. The van der Waals surface area contributed by atoms with Crippen molar-refractivity contribution in [1.29, 1.82) is 0 Å². The molecule has 0 radical (unpaired) electrons. The maximum absolute atomic E-state index is 12.5. The minimum absolute atomic E-state index is 0.209. The van der Waals surface area contributed by atoms with Crippen molar-refractivity contribution < 1.29 is 27.8 Å². The summed E-state index contributed by atoms with van der Waals surface area (Å²) in [6.45, 7) is 9.29. The average Bonchev–Trinajstić information content (AvgIpc) is 3.10. The number of nitrogens with zero attached hydrogens (tertiary/aromatic N) is 4. The van der Waals surface area contributed by atoms with Gasteiger partial charge in [0.1, 0.15) is 17.5 Å². The first kappa shape index (κ1) is 24.5. The summed E-state index contributed by atoms with van der Waals surface area (Å²) >= 11 is 0. The second kappa shape index (κ2) is 9.36. The minimum Gasteiger partial charge on any atom is -0.472 e. The maximum atomic E-state index is 12.5. The van der Waals surface area contributed by atoms with E-state index in [-0.39, 0.29) is 23.5 Å². The Labute approximate surface area is 191 Å². The molecule has 0 aliphatic carbocycles. The molecule has 2 aromatic heterocycles. The number of carbonyl (C=O) groups is 1. The van der Waals surface area contributed by atoms with Gasteiger partial charge in [-0.3, -0.25) is 10.1 Å². The van der Waals surface area contributed by atoms with Crippen LogP contribution in [-0.4, -0.2) is 62.6 Å². The fourth-order valence-corrected chi connectivity index (χ4v) is 3.44. The summed E-state index contributed by atoms with van der Waals surface area (Å²) < 4.78 is 40.6. The first-order valence-corrected chi connectivity index (χ1v) is 10.6. The maximum Gasteiger partial charge on any atom is 0.410 e. The Balaban J connectivity index is 1.66. The molecule has 3 rings (SSSR count). The molecule has 12 heteroatoms. The number of aryl methyl sites for hydroxylation is 1. The zero-order valence-corrected chi connectivity index (χ0v) is 19.6. The number of hydrogen-bond donors (Lipinski definition) is 2. The number of halogens is 2. The molecule has 10 nitrogen and oxygen atoms in total. The molecule has 0 bridgehead atoms. The monoisotopic (exact) mass is 468 g/mol. The largest absolute Gasteiger partial charge is 0.472 e. The van der Waals surface area contributed by atoms with Gasteiger partial charge in [0.05, 0.1) is 11.9 Å². The van der Waals surface area contributed by atoms with Gasteiger partial charge in [-0.05, 0) is 27.7 Å². The number of ether oxygens (including phenoxy) is 3. The lowest BCUT2D eigenvalue weighted by Gasteiger charge is -2.43. The Morgan fingerprint density at radius 1 is 1.33 bits per heavy atom. The van der Waals surface area contributed by atoms with Crippen LogP contribution in [0.2, 0.25) is 0 Å². The highest BCUT2D eigenvalue weighted by molar-refractivity contribution is 5.68. The van der Waals surface area contributed by atoms with Crippen LogP contribution in [0.1, 0.15) is 46.7 Å². The molecular formula is C21H30F2N6O4. The number of amides is 1. The lowest BCUT2D eigenvalue weighted by Crippen LogP contribution is -2.53. The predicted molar refractivity (Wildman–Crippen MR) is 116 cm³/mol. The second-order valence-corrected chi connectivity index (χ2v) is 9.55. The molecule has 1 saturated heterocycles. The molecule has 0 spiro atoms. The summed E-state index contributed by atoms with van der Waals surface area (Å²) in [5, 5.41) is 9.15. The van der Waals surface area contributed by atoms with Gasteiger partial charge in [0.2, 0.25) is 11.8 Å². The number of H-pyrrole nitrogens is 1. The molecule has 182 valence electrons. The number of anilines is 2. The van der Waals surface area contributed by atoms with Crippen LogP contribution in [0.25, 0.3) is 0 Å². The summed E-state index contributed by atoms with van der Waals surface area (Å²) in [7, 11) is 0. The SMILES string of the molecule is Cc1ncc(OC2CCN(C(=O)OC(C)(C)C)CC2(C)C)nc1Nc1cc(OC(F)F)n[nH]1. The van der Waals surface area contributed by atoms with E-state index in [1.54, 1.807) is 11.8 Å². The van der Waals surface area contributed by atoms with Gasteiger partial charge < -0.3 is 24.4 Å². The number of nitrogens with one attached hydrogen (secondary N) is 2. The molecule has 0 aromatic carbocycles. The first-order valence-electron chi connectivity index (χ1n) is 10.6. The number of rotatable bonds is 6. The molecule has 2 aromatic rings. The van der Waals surface area contributed by atoms with E-state index in [0.29, 0.717) is 42.7 Å². The van der Waals surface area contributed by atoms with Gasteiger partial charge in [0.25, 0.3) is 0 Å². The van der Waals surface area contributed by atoms with E-state index in [9.17, 15) is 13.6 Å². The predicted octanol–water partition coefficient (Wildman–Crippen LogP) is 4.27. The van der Waals surface area contributed by atoms with Crippen molar-refractivity contribution in [2.24, 2.45) is 5.41 Å². The highest BCUT2D eigenvalue weighted by Gasteiger charge is 2.40. The lowest BCUT2D eigenvalue weighted by atomic mass is 9.81. The van der Waals surface area contributed by atoms with Crippen LogP contribution in [0.3, 0.4) is 0 Å². The van der Waals surface area contributed by atoms with Gasteiger partial charge in [-0.1, -0.05) is 13.8 Å². The van der Waals surface area contributed by atoms with Crippen LogP contribution in [0, 0.1) is 12.3 Å². The topological polar surface area (TPSA) is 114 Å². The quantitative estimate of drug-likeness (QED) is 0.646. The summed E-state index contributed by atoms with van der Waals surface area (Å²) in [6.07, 6.45) is 1.57. The van der Waals surface area contributed by atoms with Crippen LogP contribution in [0.15, 0.2) is 12.3 Å². The Hall–Kier alpha value is -3.18. The van der Waals surface area contributed by atoms with Crippen molar-refractivity contribution in [2.75, 3.05) is 18.4 Å². The van der Waals surface area contributed by atoms with E-state index < -0.39 is 12.2 Å². The number of carbonyl (C=O) groups excluding carboxylic acids is 1. The lowest BCUT2D eigenvalue weighted by molar-refractivity contribution is -0.0528. The second-order valence-electron chi connectivity index (χ2n) is 9.55. The molecule has 3 heterocycles. The normalized spacial score (nSPS) is 18.2.